The first-order chi connectivity index (χ1) is 8.01. The van der Waals surface area contributed by atoms with E-state index in [-0.39, 0.29) is 5.56 Å². The van der Waals surface area contributed by atoms with Gasteiger partial charge in [-0.25, -0.2) is 8.78 Å². The predicted octanol–water partition coefficient (Wildman–Crippen LogP) is 2.20. The molecule has 0 amide bonds. The van der Waals surface area contributed by atoms with Crippen LogP contribution >= 0.6 is 0 Å². The standard InChI is InChI=1S/C12H14F2O3/c1-3-8(12(16)17-2)11(15)7-4-5-9(13)10(14)6-7/h4-6,8,11,15H,3H2,1-2H3. The molecule has 2 unspecified atom stereocenters. The number of aliphatic hydroxyl groups is 1. The van der Waals surface area contributed by atoms with Crippen LogP contribution in [0.5, 0.6) is 0 Å². The van der Waals surface area contributed by atoms with Crippen LogP contribution < -0.4 is 0 Å². The molecule has 1 aromatic carbocycles. The Kier molecular flexibility index (Phi) is 4.57. The van der Waals surface area contributed by atoms with Crippen LogP contribution in [0.15, 0.2) is 18.2 Å². The summed E-state index contributed by atoms with van der Waals surface area (Å²) in [7, 11) is 1.21. The molecule has 1 N–H and O–H groups in total. The van der Waals surface area contributed by atoms with Crippen molar-refractivity contribution in [2.24, 2.45) is 5.92 Å². The Morgan fingerprint density at radius 2 is 2.06 bits per heavy atom. The first-order valence-electron chi connectivity index (χ1n) is 5.22. The molecule has 1 rings (SSSR count). The lowest BCUT2D eigenvalue weighted by Crippen LogP contribution is -2.23. The maximum absolute atomic E-state index is 13.0. The Morgan fingerprint density at radius 1 is 1.41 bits per heavy atom. The molecule has 1 aromatic rings. The number of halogens is 2. The third-order valence-electron chi connectivity index (χ3n) is 2.61. The normalized spacial score (nSPS) is 14.2. The minimum absolute atomic E-state index is 0.154. The van der Waals surface area contributed by atoms with Gasteiger partial charge in [0.15, 0.2) is 11.6 Å². The highest BCUT2D eigenvalue weighted by atomic mass is 19.2. The van der Waals surface area contributed by atoms with Gasteiger partial charge in [-0.1, -0.05) is 13.0 Å². The fraction of sp³-hybridized carbons (Fsp3) is 0.417. The Bertz CT molecular complexity index is 407. The summed E-state index contributed by atoms with van der Waals surface area (Å²) in [6.45, 7) is 1.70. The second kappa shape index (κ2) is 5.72. The van der Waals surface area contributed by atoms with Crippen molar-refractivity contribution >= 4 is 5.97 Å². The molecule has 0 bridgehead atoms. The minimum Gasteiger partial charge on any atom is -0.469 e. The maximum atomic E-state index is 13.0. The smallest absolute Gasteiger partial charge is 0.311 e. The van der Waals surface area contributed by atoms with Crippen LogP contribution in [0.25, 0.3) is 0 Å². The summed E-state index contributed by atoms with van der Waals surface area (Å²) in [6.07, 6.45) is -0.866. The number of hydrogen-bond acceptors (Lipinski definition) is 3. The fourth-order valence-corrected chi connectivity index (χ4v) is 1.60. The van der Waals surface area contributed by atoms with Gasteiger partial charge in [0.1, 0.15) is 0 Å². The summed E-state index contributed by atoms with van der Waals surface area (Å²) in [5.74, 6) is -3.41. The van der Waals surface area contributed by atoms with Gasteiger partial charge >= 0.3 is 5.97 Å². The molecule has 94 valence electrons. The molecule has 0 radical (unpaired) electrons. The van der Waals surface area contributed by atoms with Gasteiger partial charge in [-0.15, -0.1) is 0 Å². The van der Waals surface area contributed by atoms with Gasteiger partial charge < -0.3 is 9.84 Å². The predicted molar refractivity (Wildman–Crippen MR) is 57.1 cm³/mol. The summed E-state index contributed by atoms with van der Waals surface area (Å²) < 4.78 is 30.2. The van der Waals surface area contributed by atoms with Crippen molar-refractivity contribution in [2.75, 3.05) is 7.11 Å². The van der Waals surface area contributed by atoms with Crippen molar-refractivity contribution in [1.29, 1.82) is 0 Å². The average molecular weight is 244 g/mol. The van der Waals surface area contributed by atoms with Gasteiger partial charge in [-0.2, -0.15) is 0 Å². The van der Waals surface area contributed by atoms with E-state index < -0.39 is 29.6 Å². The number of benzene rings is 1. The Morgan fingerprint density at radius 3 is 2.53 bits per heavy atom. The third-order valence-corrected chi connectivity index (χ3v) is 2.61. The lowest BCUT2D eigenvalue weighted by molar-refractivity contribution is -0.149. The Balaban J connectivity index is 2.97. The van der Waals surface area contributed by atoms with Crippen molar-refractivity contribution in [2.45, 2.75) is 19.4 Å². The zero-order valence-electron chi connectivity index (χ0n) is 9.61. The molecule has 0 aliphatic rings. The quantitative estimate of drug-likeness (QED) is 0.826. The van der Waals surface area contributed by atoms with E-state index in [1.54, 1.807) is 6.92 Å². The van der Waals surface area contributed by atoms with E-state index in [2.05, 4.69) is 4.74 Å². The number of methoxy groups -OCH3 is 1. The number of carbonyl (C=O) groups is 1. The lowest BCUT2D eigenvalue weighted by Gasteiger charge is -2.19. The third kappa shape index (κ3) is 3.00. The highest BCUT2D eigenvalue weighted by Crippen LogP contribution is 2.26. The van der Waals surface area contributed by atoms with Gasteiger partial charge in [0.25, 0.3) is 0 Å². The Labute approximate surface area is 98.0 Å². The minimum atomic E-state index is -1.21. The molecule has 3 nitrogen and oxygen atoms in total. The summed E-state index contributed by atoms with van der Waals surface area (Å²) in [5, 5.41) is 9.91. The monoisotopic (exact) mass is 244 g/mol. The lowest BCUT2D eigenvalue weighted by atomic mass is 9.93. The first-order valence-corrected chi connectivity index (χ1v) is 5.22. The van der Waals surface area contributed by atoms with Crippen LogP contribution in [0, 0.1) is 17.6 Å². The molecule has 0 aliphatic heterocycles. The molecule has 0 aliphatic carbocycles. The highest BCUT2D eigenvalue weighted by Gasteiger charge is 2.27. The van der Waals surface area contributed by atoms with Crippen molar-refractivity contribution in [1.82, 2.24) is 0 Å². The van der Waals surface area contributed by atoms with Crippen molar-refractivity contribution in [3.05, 3.63) is 35.4 Å². The average Bonchev–Trinajstić information content (AvgIpc) is 2.33. The number of hydrogen-bond donors (Lipinski definition) is 1. The number of rotatable bonds is 4. The van der Waals surface area contributed by atoms with Crippen molar-refractivity contribution in [3.63, 3.8) is 0 Å². The molecule has 0 saturated heterocycles. The van der Waals surface area contributed by atoms with E-state index in [0.29, 0.717) is 6.42 Å². The number of carbonyl (C=O) groups excluding carboxylic acids is 1. The zero-order chi connectivity index (χ0) is 13.0. The summed E-state index contributed by atoms with van der Waals surface area (Å²) in [5.41, 5.74) is 0.154. The second-order valence-corrected chi connectivity index (χ2v) is 3.66. The van der Waals surface area contributed by atoms with Crippen LogP contribution in [0.1, 0.15) is 25.0 Å². The summed E-state index contributed by atoms with van der Waals surface area (Å²) in [4.78, 5) is 11.4. The van der Waals surface area contributed by atoms with Crippen molar-refractivity contribution < 1.29 is 23.4 Å². The first kappa shape index (κ1) is 13.6. The molecule has 0 saturated carbocycles. The van der Waals surface area contributed by atoms with Crippen LogP contribution in [-0.2, 0) is 9.53 Å². The van der Waals surface area contributed by atoms with Crippen LogP contribution in [-0.4, -0.2) is 18.2 Å². The molecule has 17 heavy (non-hydrogen) atoms. The maximum Gasteiger partial charge on any atom is 0.311 e. The van der Waals surface area contributed by atoms with E-state index in [0.717, 1.165) is 12.1 Å². The summed E-state index contributed by atoms with van der Waals surface area (Å²) in [6, 6.07) is 3.04. The van der Waals surface area contributed by atoms with Crippen molar-refractivity contribution in [3.8, 4) is 0 Å². The van der Waals surface area contributed by atoms with E-state index in [1.165, 1.54) is 13.2 Å². The number of esters is 1. The van der Waals surface area contributed by atoms with Gasteiger partial charge in [0.05, 0.1) is 19.1 Å². The van der Waals surface area contributed by atoms with E-state index in [9.17, 15) is 18.7 Å². The molecular weight excluding hydrogens is 230 g/mol. The van der Waals surface area contributed by atoms with Gasteiger partial charge in [-0.05, 0) is 24.1 Å². The molecule has 0 heterocycles. The highest BCUT2D eigenvalue weighted by molar-refractivity contribution is 5.73. The van der Waals surface area contributed by atoms with Gasteiger partial charge in [-0.3, -0.25) is 4.79 Å². The topological polar surface area (TPSA) is 46.5 Å². The number of aliphatic hydroxyl groups excluding tert-OH is 1. The van der Waals surface area contributed by atoms with Crippen LogP contribution in [0.3, 0.4) is 0 Å². The molecule has 0 fully saturated rings. The van der Waals surface area contributed by atoms with E-state index in [4.69, 9.17) is 0 Å². The molecule has 0 spiro atoms. The second-order valence-electron chi connectivity index (χ2n) is 3.66. The van der Waals surface area contributed by atoms with Gasteiger partial charge in [0.2, 0.25) is 0 Å². The molecule has 0 aromatic heterocycles. The largest absolute Gasteiger partial charge is 0.469 e. The Hall–Kier alpha value is -1.49. The fourth-order valence-electron chi connectivity index (χ4n) is 1.60. The van der Waals surface area contributed by atoms with E-state index in [1.807, 2.05) is 0 Å². The summed E-state index contributed by atoms with van der Waals surface area (Å²) >= 11 is 0. The SMILES string of the molecule is CCC(C(=O)OC)C(O)c1ccc(F)c(F)c1. The van der Waals surface area contributed by atoms with E-state index >= 15 is 0 Å². The molecule has 5 heteroatoms. The number of ether oxygens (including phenoxy) is 1. The van der Waals surface area contributed by atoms with Crippen LogP contribution in [0.4, 0.5) is 8.78 Å². The van der Waals surface area contributed by atoms with Crippen LogP contribution in [0.2, 0.25) is 0 Å². The van der Waals surface area contributed by atoms with Gasteiger partial charge in [0, 0.05) is 0 Å². The molecular formula is C12H14F2O3. The zero-order valence-corrected chi connectivity index (χ0v) is 9.61. The molecule has 2 atom stereocenters.